The summed E-state index contributed by atoms with van der Waals surface area (Å²) in [7, 11) is 0. The van der Waals surface area contributed by atoms with Gasteiger partial charge in [-0.1, -0.05) is 0 Å². The van der Waals surface area contributed by atoms with Crippen LogP contribution in [0.5, 0.6) is 0 Å². The Morgan fingerprint density at radius 1 is 1.33 bits per heavy atom. The predicted octanol–water partition coefficient (Wildman–Crippen LogP) is -4.07. The predicted molar refractivity (Wildman–Crippen MR) is 39.5 cm³/mol. The molecule has 0 aromatic rings. The van der Waals surface area contributed by atoms with E-state index in [1.165, 1.54) is 0 Å². The monoisotopic (exact) mass is 282 g/mol. The van der Waals surface area contributed by atoms with E-state index in [1.54, 1.807) is 0 Å². The summed E-state index contributed by atoms with van der Waals surface area (Å²) in [6.45, 7) is -0.675. The maximum atomic E-state index is 10.5. The number of aliphatic hydroxyl groups is 4. The summed E-state index contributed by atoms with van der Waals surface area (Å²) in [5.74, 6) is 0. The van der Waals surface area contributed by atoms with Crippen molar-refractivity contribution in [2.75, 3.05) is 6.61 Å². The van der Waals surface area contributed by atoms with Crippen LogP contribution < -0.4 is 0 Å². The number of carbonyl (C=O) groups is 1. The molecule has 0 saturated heterocycles. The van der Waals surface area contributed by atoms with Gasteiger partial charge < -0.3 is 5.48 Å². The molecule has 7 heteroatoms. The maximum absolute atomic E-state index is 10.5. The Labute approximate surface area is 83.7 Å². The summed E-state index contributed by atoms with van der Waals surface area (Å²) in [4.78, 5) is 10.5. The van der Waals surface area contributed by atoms with Crippen molar-refractivity contribution in [1.82, 2.24) is 0 Å². The summed E-state index contributed by atoms with van der Waals surface area (Å²) >= 11 is 0.170. The molecule has 0 aliphatic rings. The quantitative estimate of drug-likeness (QED) is 0.417. The molecule has 0 aromatic heterocycles. The van der Waals surface area contributed by atoms with Gasteiger partial charge in [-0.2, -0.15) is 0 Å². The zero-order valence-corrected chi connectivity index (χ0v) is 9.51. The van der Waals surface area contributed by atoms with Crippen molar-refractivity contribution >= 4 is 27.9 Å². The van der Waals surface area contributed by atoms with Gasteiger partial charge in [-0.05, 0) is 0 Å². The zero-order valence-electron chi connectivity index (χ0n) is 6.21. The van der Waals surface area contributed by atoms with Gasteiger partial charge in [0, 0.05) is 0 Å². The second-order valence-electron chi connectivity index (χ2n) is 2.09. The van der Waals surface area contributed by atoms with Gasteiger partial charge in [0.25, 0.3) is 0 Å². The molecule has 0 aliphatic heterocycles. The topological polar surface area (TPSA) is 129 Å². The number of aliphatic hydroxyl groups excluding tert-OH is 4. The number of hydrogen-bond acceptors (Lipinski definition) is 5. The number of hydrogen-bond donors (Lipinski definition) is 4. The number of rotatable bonds is 4. The van der Waals surface area contributed by atoms with E-state index in [9.17, 15) is 4.79 Å². The van der Waals surface area contributed by atoms with Crippen molar-refractivity contribution in [3.05, 3.63) is 0 Å². The van der Waals surface area contributed by atoms with E-state index in [0.29, 0.717) is 0 Å². The molecule has 12 heavy (non-hydrogen) atoms. The summed E-state index contributed by atoms with van der Waals surface area (Å²) in [6, 6.07) is 0. The van der Waals surface area contributed by atoms with Gasteiger partial charge in [-0.15, -0.1) is 0 Å². The molecule has 0 heterocycles. The first-order valence-corrected chi connectivity index (χ1v) is 4.60. The van der Waals surface area contributed by atoms with E-state index >= 15 is 0 Å². The molecule has 0 saturated carbocycles. The van der Waals surface area contributed by atoms with Crippen LogP contribution in [0, 0.1) is 0 Å². The Kier molecular flexibility index (Phi) is 8.43. The van der Waals surface area contributed by atoms with Gasteiger partial charge >= 0.3 is 78.1 Å². The average Bonchev–Trinajstić information content (AvgIpc) is 2.00. The molecule has 0 aliphatic carbocycles. The summed E-state index contributed by atoms with van der Waals surface area (Å²) in [5.41, 5.74) is 0. The molecule has 0 unspecified atom stereocenters. The molecule has 0 aromatic carbocycles. The van der Waals surface area contributed by atoms with E-state index < -0.39 is 28.5 Å². The van der Waals surface area contributed by atoms with Gasteiger partial charge in [0.05, 0.1) is 0 Å². The molecule has 70 valence electrons. The first-order chi connectivity index (χ1) is 5.00. The number of carbonyl (C=O) groups excluding carboxylic acids is 1. The molecule has 0 spiro atoms. The van der Waals surface area contributed by atoms with Crippen molar-refractivity contribution in [3.63, 3.8) is 0 Å². The Morgan fingerprint density at radius 3 is 2.00 bits per heavy atom. The fourth-order valence-corrected chi connectivity index (χ4v) is 1.05. The molecular formula is C5H11InO6. The van der Waals surface area contributed by atoms with Crippen LogP contribution in [0.1, 0.15) is 0 Å². The van der Waals surface area contributed by atoms with Crippen LogP contribution in [0.4, 0.5) is 0 Å². The van der Waals surface area contributed by atoms with E-state index in [4.69, 9.17) is 20.4 Å². The first-order valence-electron chi connectivity index (χ1n) is 2.95. The third-order valence-corrected chi connectivity index (χ3v) is 2.17. The van der Waals surface area contributed by atoms with E-state index in [1.807, 2.05) is 0 Å². The fraction of sp³-hybridized carbons (Fsp3) is 0.800. The van der Waals surface area contributed by atoms with Crippen molar-refractivity contribution < 1.29 is 30.7 Å². The van der Waals surface area contributed by atoms with Crippen molar-refractivity contribution in [2.24, 2.45) is 0 Å². The Bertz CT molecular complexity index is 140. The van der Waals surface area contributed by atoms with Crippen LogP contribution >= 0.6 is 0 Å². The standard InChI is InChI=1S/C5H9O5.In.H2O/c6-1-3(8)5(10)4(9)2-7;;/h3-6,8-10H,1H2;;1H2/t3-,4-,5+;;/m1../s1. The van der Waals surface area contributed by atoms with Crippen molar-refractivity contribution in [1.29, 1.82) is 0 Å². The Hall–Kier alpha value is 0.340. The van der Waals surface area contributed by atoms with Gasteiger partial charge in [0.1, 0.15) is 0 Å². The van der Waals surface area contributed by atoms with Gasteiger partial charge in [0.15, 0.2) is 0 Å². The van der Waals surface area contributed by atoms with Gasteiger partial charge in [0.2, 0.25) is 0 Å². The van der Waals surface area contributed by atoms with Crippen molar-refractivity contribution in [3.8, 4) is 0 Å². The van der Waals surface area contributed by atoms with E-state index in [-0.39, 0.29) is 29.9 Å². The normalized spacial score (nSPS) is 17.3. The fourth-order valence-electron chi connectivity index (χ4n) is 0.487. The first kappa shape index (κ1) is 14.8. The van der Waals surface area contributed by atoms with Crippen LogP contribution in [-0.4, -0.2) is 78.7 Å². The molecule has 3 atom stereocenters. The third-order valence-electron chi connectivity index (χ3n) is 1.20. The molecule has 6 nitrogen and oxygen atoms in total. The van der Waals surface area contributed by atoms with E-state index in [2.05, 4.69) is 0 Å². The molecule has 0 rings (SSSR count). The molecule has 2 radical (unpaired) electrons. The van der Waals surface area contributed by atoms with Crippen LogP contribution in [0.2, 0.25) is 0 Å². The zero-order chi connectivity index (χ0) is 9.02. The Morgan fingerprint density at radius 2 is 1.75 bits per heavy atom. The van der Waals surface area contributed by atoms with Gasteiger partial charge in [-0.3, -0.25) is 0 Å². The minimum absolute atomic E-state index is 0. The third kappa shape index (κ3) is 4.39. The Balaban J connectivity index is 0. The molecule has 0 amide bonds. The van der Waals surface area contributed by atoms with Gasteiger partial charge in [-0.25, -0.2) is 0 Å². The van der Waals surface area contributed by atoms with Crippen LogP contribution in [0.3, 0.4) is 0 Å². The van der Waals surface area contributed by atoms with Crippen LogP contribution in [0.15, 0.2) is 0 Å². The van der Waals surface area contributed by atoms with Crippen LogP contribution in [-0.2, 0) is 4.79 Å². The molecule has 6 N–H and O–H groups in total. The second-order valence-corrected chi connectivity index (χ2v) is 3.71. The van der Waals surface area contributed by atoms with E-state index in [0.717, 1.165) is 0 Å². The van der Waals surface area contributed by atoms with Crippen molar-refractivity contribution in [2.45, 2.75) is 18.3 Å². The molecule has 0 bridgehead atoms. The summed E-state index contributed by atoms with van der Waals surface area (Å²) < 4.78 is -0.518. The molecule has 0 fully saturated rings. The summed E-state index contributed by atoms with van der Waals surface area (Å²) in [5, 5.41) is 34.8. The summed E-state index contributed by atoms with van der Waals surface area (Å²) in [6.07, 6.45) is -4.61. The minimum atomic E-state index is -1.58. The second kappa shape index (κ2) is 6.81. The average molecular weight is 282 g/mol. The SMILES string of the molecule is O.O=[C]([In])[C@@H](O)[C@@H](O)[C@H](O)CO. The molecular weight excluding hydrogens is 271 g/mol. The van der Waals surface area contributed by atoms with Crippen LogP contribution in [0.25, 0.3) is 0 Å².